The molecular weight excluding hydrogens is 202 g/mol. The normalized spacial score (nSPS) is 16.2. The number of nitrogen functional groups attached to an aromatic ring is 1. The van der Waals surface area contributed by atoms with Gasteiger partial charge in [-0.2, -0.15) is 4.98 Å². The molecule has 1 aliphatic rings. The molecule has 0 aromatic carbocycles. The van der Waals surface area contributed by atoms with E-state index in [1.165, 1.54) is 12.8 Å². The van der Waals surface area contributed by atoms with Crippen LogP contribution in [0, 0.1) is 5.41 Å². The molecule has 0 saturated heterocycles. The maximum Gasteiger partial charge on any atom is 0.223 e. The molecule has 4 nitrogen and oxygen atoms in total. The zero-order valence-corrected chi connectivity index (χ0v) is 10.2. The quantitative estimate of drug-likeness (QED) is 0.851. The van der Waals surface area contributed by atoms with E-state index < -0.39 is 0 Å². The molecule has 2 N–H and O–H groups in total. The third-order valence-corrected chi connectivity index (χ3v) is 2.46. The van der Waals surface area contributed by atoms with Crippen LogP contribution in [0.2, 0.25) is 0 Å². The lowest BCUT2D eigenvalue weighted by Crippen LogP contribution is -2.18. The van der Waals surface area contributed by atoms with Crippen molar-refractivity contribution in [1.29, 1.82) is 0 Å². The summed E-state index contributed by atoms with van der Waals surface area (Å²) in [7, 11) is 0. The van der Waals surface area contributed by atoms with E-state index in [0.29, 0.717) is 18.4 Å². The zero-order valence-electron chi connectivity index (χ0n) is 10.2. The van der Waals surface area contributed by atoms with Crippen LogP contribution in [0.1, 0.15) is 45.1 Å². The molecule has 1 saturated carbocycles. The fourth-order valence-electron chi connectivity index (χ4n) is 1.46. The summed E-state index contributed by atoms with van der Waals surface area (Å²) >= 11 is 0. The van der Waals surface area contributed by atoms with Crippen molar-refractivity contribution in [3.63, 3.8) is 0 Å². The van der Waals surface area contributed by atoms with E-state index in [2.05, 4.69) is 30.7 Å². The monoisotopic (exact) mass is 221 g/mol. The largest absolute Gasteiger partial charge is 0.477 e. The molecule has 0 bridgehead atoms. The Morgan fingerprint density at radius 1 is 1.44 bits per heavy atom. The average Bonchev–Trinajstić information content (AvgIpc) is 2.97. The highest BCUT2D eigenvalue weighted by Gasteiger charge is 2.28. The van der Waals surface area contributed by atoms with Crippen molar-refractivity contribution in [2.45, 2.75) is 39.5 Å². The molecule has 0 spiro atoms. The van der Waals surface area contributed by atoms with Crippen LogP contribution in [0.15, 0.2) is 6.20 Å². The molecule has 2 rings (SSSR count). The molecule has 0 atom stereocenters. The summed E-state index contributed by atoms with van der Waals surface area (Å²) in [5.41, 5.74) is 6.82. The summed E-state index contributed by atoms with van der Waals surface area (Å²) in [5, 5.41) is 0. The molecule has 1 aromatic heterocycles. The van der Waals surface area contributed by atoms with Crippen LogP contribution in [-0.4, -0.2) is 16.6 Å². The lowest BCUT2D eigenvalue weighted by Gasteiger charge is -2.19. The minimum Gasteiger partial charge on any atom is -0.477 e. The predicted octanol–water partition coefficient (Wildman–Crippen LogP) is 2.36. The maximum absolute atomic E-state index is 5.75. The maximum atomic E-state index is 5.75. The lowest BCUT2D eigenvalue weighted by atomic mass is 9.99. The van der Waals surface area contributed by atoms with Crippen molar-refractivity contribution in [3.8, 4) is 5.88 Å². The van der Waals surface area contributed by atoms with Crippen LogP contribution < -0.4 is 10.5 Å². The second-order valence-corrected chi connectivity index (χ2v) is 5.61. The van der Waals surface area contributed by atoms with Crippen molar-refractivity contribution in [3.05, 3.63) is 11.8 Å². The Balaban J connectivity index is 2.14. The summed E-state index contributed by atoms with van der Waals surface area (Å²) in [6, 6.07) is 0. The van der Waals surface area contributed by atoms with Gasteiger partial charge in [-0.1, -0.05) is 20.8 Å². The van der Waals surface area contributed by atoms with E-state index in [1.807, 2.05) is 0 Å². The van der Waals surface area contributed by atoms with E-state index >= 15 is 0 Å². The van der Waals surface area contributed by atoms with Gasteiger partial charge in [-0.25, -0.2) is 4.98 Å². The number of hydrogen-bond acceptors (Lipinski definition) is 4. The fraction of sp³-hybridized carbons (Fsp3) is 0.667. The predicted molar refractivity (Wildman–Crippen MR) is 63.4 cm³/mol. The summed E-state index contributed by atoms with van der Waals surface area (Å²) in [6.07, 6.45) is 4.22. The summed E-state index contributed by atoms with van der Waals surface area (Å²) < 4.78 is 5.75. The molecule has 1 aromatic rings. The van der Waals surface area contributed by atoms with Gasteiger partial charge < -0.3 is 10.5 Å². The Bertz CT molecular complexity index is 380. The van der Waals surface area contributed by atoms with Gasteiger partial charge in [0.2, 0.25) is 11.8 Å². The zero-order chi connectivity index (χ0) is 11.8. The molecule has 16 heavy (non-hydrogen) atoms. The molecule has 0 unspecified atom stereocenters. The van der Waals surface area contributed by atoms with Crippen LogP contribution in [0.5, 0.6) is 5.88 Å². The molecule has 0 aliphatic heterocycles. The topological polar surface area (TPSA) is 61.0 Å². The summed E-state index contributed by atoms with van der Waals surface area (Å²) in [4.78, 5) is 8.21. The SMILES string of the molecule is CC(C)(C)COc1nc(N)ncc1C1CC1. The first-order valence-corrected chi connectivity index (χ1v) is 5.71. The smallest absolute Gasteiger partial charge is 0.223 e. The Kier molecular flexibility index (Phi) is 2.74. The first kappa shape index (κ1) is 11.2. The van der Waals surface area contributed by atoms with Crippen LogP contribution >= 0.6 is 0 Å². The molecule has 88 valence electrons. The number of nitrogens with two attached hydrogens (primary N) is 1. The van der Waals surface area contributed by atoms with Crippen molar-refractivity contribution >= 4 is 5.95 Å². The number of anilines is 1. The minimum atomic E-state index is 0.126. The van der Waals surface area contributed by atoms with Crippen molar-refractivity contribution in [2.24, 2.45) is 5.41 Å². The van der Waals surface area contributed by atoms with Gasteiger partial charge in [0, 0.05) is 11.8 Å². The highest BCUT2D eigenvalue weighted by atomic mass is 16.5. The van der Waals surface area contributed by atoms with Gasteiger partial charge in [0.1, 0.15) is 0 Å². The highest BCUT2D eigenvalue weighted by molar-refractivity contribution is 5.35. The molecule has 1 heterocycles. The van der Waals surface area contributed by atoms with Gasteiger partial charge >= 0.3 is 0 Å². The number of hydrogen-bond donors (Lipinski definition) is 1. The minimum absolute atomic E-state index is 0.126. The van der Waals surface area contributed by atoms with E-state index in [4.69, 9.17) is 10.5 Å². The molecule has 4 heteroatoms. The number of nitrogens with zero attached hydrogens (tertiary/aromatic N) is 2. The van der Waals surface area contributed by atoms with Crippen molar-refractivity contribution in [1.82, 2.24) is 9.97 Å². The van der Waals surface area contributed by atoms with Gasteiger partial charge in [0.05, 0.1) is 6.61 Å². The Hall–Kier alpha value is -1.32. The van der Waals surface area contributed by atoms with E-state index in [1.54, 1.807) is 6.20 Å². The van der Waals surface area contributed by atoms with Gasteiger partial charge in [-0.05, 0) is 24.2 Å². The fourth-order valence-corrected chi connectivity index (χ4v) is 1.46. The molecule has 1 fully saturated rings. The number of ether oxygens (including phenoxy) is 1. The lowest BCUT2D eigenvalue weighted by molar-refractivity contribution is 0.190. The second kappa shape index (κ2) is 3.92. The van der Waals surface area contributed by atoms with E-state index in [9.17, 15) is 0 Å². The van der Waals surface area contributed by atoms with Crippen LogP contribution in [0.4, 0.5) is 5.95 Å². The van der Waals surface area contributed by atoms with Crippen LogP contribution in [-0.2, 0) is 0 Å². The van der Waals surface area contributed by atoms with E-state index in [0.717, 1.165) is 5.56 Å². The standard InChI is InChI=1S/C12H19N3O/c1-12(2,3)7-16-10-9(8-4-5-8)6-14-11(13)15-10/h6,8H,4-5,7H2,1-3H3,(H2,13,14,15). The van der Waals surface area contributed by atoms with Gasteiger partial charge in [-0.15, -0.1) is 0 Å². The Labute approximate surface area is 96.2 Å². The highest BCUT2D eigenvalue weighted by Crippen LogP contribution is 2.43. The van der Waals surface area contributed by atoms with Gasteiger partial charge in [0.25, 0.3) is 0 Å². The first-order chi connectivity index (χ1) is 7.46. The Morgan fingerprint density at radius 3 is 2.69 bits per heavy atom. The van der Waals surface area contributed by atoms with Gasteiger partial charge in [0.15, 0.2) is 0 Å². The van der Waals surface area contributed by atoms with Crippen LogP contribution in [0.3, 0.4) is 0 Å². The van der Waals surface area contributed by atoms with Crippen molar-refractivity contribution in [2.75, 3.05) is 12.3 Å². The third kappa shape index (κ3) is 2.84. The Morgan fingerprint density at radius 2 is 2.12 bits per heavy atom. The number of rotatable bonds is 3. The summed E-state index contributed by atoms with van der Waals surface area (Å²) in [6.45, 7) is 7.04. The van der Waals surface area contributed by atoms with Gasteiger partial charge in [-0.3, -0.25) is 0 Å². The van der Waals surface area contributed by atoms with E-state index in [-0.39, 0.29) is 11.4 Å². The molecule has 0 radical (unpaired) electrons. The molecular formula is C12H19N3O. The summed E-state index contributed by atoms with van der Waals surface area (Å²) in [5.74, 6) is 1.54. The number of aromatic nitrogens is 2. The van der Waals surface area contributed by atoms with Crippen LogP contribution in [0.25, 0.3) is 0 Å². The molecule has 1 aliphatic carbocycles. The third-order valence-electron chi connectivity index (χ3n) is 2.46. The first-order valence-electron chi connectivity index (χ1n) is 5.71. The average molecular weight is 221 g/mol. The van der Waals surface area contributed by atoms with Crippen molar-refractivity contribution < 1.29 is 4.74 Å². The second-order valence-electron chi connectivity index (χ2n) is 5.61. The molecule has 0 amide bonds.